The molecule has 8 nitrogen and oxygen atoms in total. The zero-order valence-electron chi connectivity index (χ0n) is 19.9. The Morgan fingerprint density at radius 3 is 2.47 bits per heavy atom. The van der Waals surface area contributed by atoms with Crippen LogP contribution < -0.4 is 20.4 Å². The molecule has 186 valence electrons. The van der Waals surface area contributed by atoms with Gasteiger partial charge >= 0.3 is 6.03 Å². The molecule has 2 aliphatic heterocycles. The van der Waals surface area contributed by atoms with E-state index in [1.165, 1.54) is 9.79 Å². The first-order valence-electron chi connectivity index (χ1n) is 12.0. The number of hydrazone groups is 1. The third kappa shape index (κ3) is 6.17. The Balaban J connectivity index is 1.12. The van der Waals surface area contributed by atoms with Gasteiger partial charge in [-0.3, -0.25) is 4.90 Å². The van der Waals surface area contributed by atoms with Crippen LogP contribution in [0.2, 0.25) is 0 Å². The number of carbonyl (C=O) groups excluding carboxylic acids is 1. The van der Waals surface area contributed by atoms with Crippen LogP contribution in [0.5, 0.6) is 5.75 Å². The Labute approximate surface area is 215 Å². The molecule has 0 radical (unpaired) electrons. The lowest BCUT2D eigenvalue weighted by Crippen LogP contribution is -2.38. The molecule has 2 amide bonds. The second kappa shape index (κ2) is 11.9. The number of hydrogen-bond acceptors (Lipinski definition) is 7. The lowest BCUT2D eigenvalue weighted by atomic mass is 10.2. The minimum absolute atomic E-state index is 0.410. The molecule has 2 aliphatic rings. The van der Waals surface area contributed by atoms with Crippen molar-refractivity contribution in [3.05, 3.63) is 72.8 Å². The predicted molar refractivity (Wildman–Crippen MR) is 144 cm³/mol. The minimum atomic E-state index is -0.410. The third-order valence-corrected chi connectivity index (χ3v) is 7.06. The van der Waals surface area contributed by atoms with Crippen LogP contribution in [0.4, 0.5) is 21.9 Å². The quantitative estimate of drug-likeness (QED) is 0.339. The molecule has 5 rings (SSSR count). The molecule has 2 heterocycles. The second-order valence-corrected chi connectivity index (χ2v) is 9.44. The number of para-hydroxylation sites is 2. The van der Waals surface area contributed by atoms with Crippen LogP contribution in [0, 0.1) is 0 Å². The van der Waals surface area contributed by atoms with E-state index >= 15 is 0 Å². The van der Waals surface area contributed by atoms with Crippen LogP contribution >= 0.6 is 11.8 Å². The van der Waals surface area contributed by atoms with Crippen molar-refractivity contribution < 1.29 is 14.3 Å². The molecule has 2 N–H and O–H groups in total. The highest BCUT2D eigenvalue weighted by atomic mass is 32.2. The summed E-state index contributed by atoms with van der Waals surface area (Å²) < 4.78 is 11.2. The van der Waals surface area contributed by atoms with Gasteiger partial charge in [-0.2, -0.15) is 5.10 Å². The molecule has 0 bridgehead atoms. The Morgan fingerprint density at radius 2 is 1.72 bits per heavy atom. The van der Waals surface area contributed by atoms with Gasteiger partial charge in [0, 0.05) is 47.4 Å². The number of benzene rings is 3. The van der Waals surface area contributed by atoms with Gasteiger partial charge < -0.3 is 19.7 Å². The molecule has 0 aromatic heterocycles. The highest BCUT2D eigenvalue weighted by Gasteiger charge is 2.21. The first-order chi connectivity index (χ1) is 17.8. The first-order valence-corrected chi connectivity index (χ1v) is 12.8. The van der Waals surface area contributed by atoms with Crippen molar-refractivity contribution in [2.45, 2.75) is 9.79 Å². The average Bonchev–Trinajstić information content (AvgIpc) is 2.91. The molecule has 0 saturated carbocycles. The fourth-order valence-corrected chi connectivity index (χ4v) is 5.24. The van der Waals surface area contributed by atoms with Crippen molar-refractivity contribution in [3.8, 4) is 5.75 Å². The molecule has 3 aromatic carbocycles. The maximum atomic E-state index is 12.4. The van der Waals surface area contributed by atoms with Crippen molar-refractivity contribution in [1.82, 2.24) is 10.3 Å². The zero-order valence-corrected chi connectivity index (χ0v) is 20.7. The Hall–Kier alpha value is -3.53. The fraction of sp³-hybridized carbons (Fsp3) is 0.259. The van der Waals surface area contributed by atoms with Gasteiger partial charge in [0.1, 0.15) is 12.4 Å². The van der Waals surface area contributed by atoms with Crippen molar-refractivity contribution >= 4 is 41.1 Å². The minimum Gasteiger partial charge on any atom is -0.492 e. The largest absolute Gasteiger partial charge is 0.492 e. The summed E-state index contributed by atoms with van der Waals surface area (Å²) >= 11 is 1.76. The maximum absolute atomic E-state index is 12.4. The van der Waals surface area contributed by atoms with E-state index in [-0.39, 0.29) is 0 Å². The summed E-state index contributed by atoms with van der Waals surface area (Å²) in [6.07, 6.45) is 1.70. The van der Waals surface area contributed by atoms with Crippen LogP contribution in [-0.2, 0) is 4.74 Å². The number of fused-ring (bicyclic) bond motifs is 2. The summed E-state index contributed by atoms with van der Waals surface area (Å²) in [5.74, 6) is 0.713. The molecular weight excluding hydrogens is 474 g/mol. The van der Waals surface area contributed by atoms with Gasteiger partial charge in [0.15, 0.2) is 0 Å². The van der Waals surface area contributed by atoms with Gasteiger partial charge in [0.05, 0.1) is 31.1 Å². The third-order valence-electron chi connectivity index (χ3n) is 5.93. The van der Waals surface area contributed by atoms with E-state index in [1.807, 2.05) is 48.5 Å². The van der Waals surface area contributed by atoms with E-state index in [1.54, 1.807) is 18.0 Å². The standard InChI is InChI=1S/C27H29N5O3S/c33-27(29-21-6-5-7-22(20-21)35-19-16-31-14-17-34-18-15-31)30-28-12-13-32-23-8-1-3-10-25(23)36-26-11-4-2-9-24(26)32/h1-12,20H,13-19H2,(H2,29,30,33)/b28-12-. The number of morpholine rings is 1. The SMILES string of the molecule is O=C(N/N=C\CN1c2ccccc2Sc2ccccc21)Nc1cccc(OCCN2CCOCC2)c1. The van der Waals surface area contributed by atoms with Crippen LogP contribution in [0.1, 0.15) is 0 Å². The maximum Gasteiger partial charge on any atom is 0.339 e. The van der Waals surface area contributed by atoms with Gasteiger partial charge in [-0.1, -0.05) is 42.1 Å². The Kier molecular flexibility index (Phi) is 8.02. The molecule has 0 spiro atoms. The summed E-state index contributed by atoms with van der Waals surface area (Å²) in [7, 11) is 0. The number of anilines is 3. The molecule has 0 aliphatic carbocycles. The van der Waals surface area contributed by atoms with E-state index in [4.69, 9.17) is 9.47 Å². The summed E-state index contributed by atoms with van der Waals surface area (Å²) in [4.78, 5) is 19.3. The predicted octanol–water partition coefficient (Wildman–Crippen LogP) is 4.81. The van der Waals surface area contributed by atoms with E-state index in [0.717, 1.165) is 44.2 Å². The number of rotatable bonds is 8. The van der Waals surface area contributed by atoms with Crippen LogP contribution in [-0.4, -0.2) is 63.1 Å². The van der Waals surface area contributed by atoms with Crippen LogP contribution in [0.25, 0.3) is 0 Å². The number of nitrogens with one attached hydrogen (secondary N) is 2. The van der Waals surface area contributed by atoms with Gasteiger partial charge in [0.25, 0.3) is 0 Å². The number of carbonyl (C=O) groups is 1. The smallest absolute Gasteiger partial charge is 0.339 e. The zero-order chi connectivity index (χ0) is 24.6. The summed E-state index contributed by atoms with van der Waals surface area (Å²) in [6, 6.07) is 23.5. The molecular formula is C27H29N5O3S. The number of amides is 2. The molecule has 9 heteroatoms. The average molecular weight is 504 g/mol. The number of nitrogens with zero attached hydrogens (tertiary/aromatic N) is 3. The lowest BCUT2D eigenvalue weighted by Gasteiger charge is -2.31. The van der Waals surface area contributed by atoms with Crippen LogP contribution in [0.15, 0.2) is 87.7 Å². The van der Waals surface area contributed by atoms with Crippen molar-refractivity contribution in [1.29, 1.82) is 0 Å². The molecule has 36 heavy (non-hydrogen) atoms. The highest BCUT2D eigenvalue weighted by Crippen LogP contribution is 2.47. The van der Waals surface area contributed by atoms with Crippen molar-refractivity contribution in [2.75, 3.05) is 56.2 Å². The van der Waals surface area contributed by atoms with Gasteiger partial charge in [-0.25, -0.2) is 10.2 Å². The highest BCUT2D eigenvalue weighted by molar-refractivity contribution is 7.99. The summed E-state index contributed by atoms with van der Waals surface area (Å²) in [5.41, 5.74) is 5.45. The lowest BCUT2D eigenvalue weighted by molar-refractivity contribution is 0.0322. The normalized spacial score (nSPS) is 15.3. The first kappa shape index (κ1) is 24.2. The fourth-order valence-electron chi connectivity index (χ4n) is 4.14. The van der Waals surface area contributed by atoms with E-state index < -0.39 is 6.03 Å². The van der Waals surface area contributed by atoms with E-state index in [0.29, 0.717) is 24.6 Å². The van der Waals surface area contributed by atoms with Crippen molar-refractivity contribution in [3.63, 3.8) is 0 Å². The summed E-state index contributed by atoms with van der Waals surface area (Å²) in [5, 5.41) is 6.95. The Morgan fingerprint density at radius 1 is 1.00 bits per heavy atom. The number of hydrogen-bond donors (Lipinski definition) is 2. The van der Waals surface area contributed by atoms with Gasteiger partial charge in [-0.15, -0.1) is 0 Å². The summed E-state index contributed by atoms with van der Waals surface area (Å²) in [6.45, 7) is 5.37. The van der Waals surface area contributed by atoms with Gasteiger partial charge in [0.2, 0.25) is 0 Å². The molecule has 1 fully saturated rings. The van der Waals surface area contributed by atoms with E-state index in [2.05, 4.69) is 49.9 Å². The number of ether oxygens (including phenoxy) is 2. The molecule has 3 aromatic rings. The topological polar surface area (TPSA) is 78.4 Å². The van der Waals surface area contributed by atoms with Gasteiger partial charge in [-0.05, 0) is 36.4 Å². The molecule has 1 saturated heterocycles. The monoisotopic (exact) mass is 503 g/mol. The van der Waals surface area contributed by atoms with Crippen LogP contribution in [0.3, 0.4) is 0 Å². The van der Waals surface area contributed by atoms with Crippen molar-refractivity contribution in [2.24, 2.45) is 5.10 Å². The Bertz CT molecular complexity index is 1170. The molecule has 0 unspecified atom stereocenters. The number of urea groups is 1. The molecule has 0 atom stereocenters. The van der Waals surface area contributed by atoms with E-state index in [9.17, 15) is 4.79 Å². The second-order valence-electron chi connectivity index (χ2n) is 8.36.